The lowest BCUT2D eigenvalue weighted by Gasteiger charge is -2.10. The molecule has 2 N–H and O–H groups in total. The third-order valence-corrected chi connectivity index (χ3v) is 2.53. The van der Waals surface area contributed by atoms with E-state index in [1.54, 1.807) is 0 Å². The molecule has 0 aliphatic carbocycles. The minimum Gasteiger partial charge on any atom is -0.329 e. The quantitative estimate of drug-likeness (QED) is 0.884. The molecule has 4 nitrogen and oxygen atoms in total. The number of benzene rings is 1. The standard InChI is InChI=1S/C11H10F3N3O/c12-11(13,14)8-3-1-2-7-9(8)16-6-17(5-4-15)10(7)18/h1-3,6H,4-5,15H2. The van der Waals surface area contributed by atoms with E-state index in [0.717, 1.165) is 12.4 Å². The molecule has 0 aliphatic rings. The number of alkyl halides is 3. The summed E-state index contributed by atoms with van der Waals surface area (Å²) in [6.45, 7) is 0.435. The number of halogens is 3. The van der Waals surface area contributed by atoms with Gasteiger partial charge >= 0.3 is 6.18 Å². The smallest absolute Gasteiger partial charge is 0.329 e. The highest BCUT2D eigenvalue weighted by molar-refractivity contribution is 5.81. The van der Waals surface area contributed by atoms with E-state index in [9.17, 15) is 18.0 Å². The van der Waals surface area contributed by atoms with Gasteiger partial charge in [-0.3, -0.25) is 9.36 Å². The number of para-hydroxylation sites is 1. The van der Waals surface area contributed by atoms with Crippen molar-refractivity contribution in [3.63, 3.8) is 0 Å². The zero-order valence-electron chi connectivity index (χ0n) is 9.24. The number of fused-ring (bicyclic) bond motifs is 1. The van der Waals surface area contributed by atoms with Gasteiger partial charge in [0.1, 0.15) is 0 Å². The number of rotatable bonds is 2. The fourth-order valence-electron chi connectivity index (χ4n) is 1.72. The Hall–Kier alpha value is -1.89. The SMILES string of the molecule is NCCn1cnc2c(C(F)(F)F)cccc2c1=O. The van der Waals surface area contributed by atoms with Crippen LogP contribution in [0.3, 0.4) is 0 Å². The number of hydrogen-bond donors (Lipinski definition) is 1. The molecule has 0 saturated carbocycles. The lowest BCUT2D eigenvalue weighted by molar-refractivity contribution is -0.136. The van der Waals surface area contributed by atoms with Crippen LogP contribution in [0.4, 0.5) is 13.2 Å². The van der Waals surface area contributed by atoms with Crippen LogP contribution in [-0.2, 0) is 12.7 Å². The van der Waals surface area contributed by atoms with Crippen LogP contribution in [0.1, 0.15) is 5.56 Å². The van der Waals surface area contributed by atoms with E-state index in [1.165, 1.54) is 16.7 Å². The van der Waals surface area contributed by atoms with Crippen LogP contribution < -0.4 is 11.3 Å². The largest absolute Gasteiger partial charge is 0.418 e. The summed E-state index contributed by atoms with van der Waals surface area (Å²) in [4.78, 5) is 15.6. The molecule has 0 aliphatic heterocycles. The third kappa shape index (κ3) is 2.08. The Morgan fingerprint density at radius 1 is 1.33 bits per heavy atom. The molecule has 0 fully saturated rings. The number of nitrogens with zero attached hydrogens (tertiary/aromatic N) is 2. The Bertz CT molecular complexity index is 633. The van der Waals surface area contributed by atoms with Crippen molar-refractivity contribution in [1.29, 1.82) is 0 Å². The van der Waals surface area contributed by atoms with E-state index < -0.39 is 17.3 Å². The van der Waals surface area contributed by atoms with Crippen molar-refractivity contribution in [2.45, 2.75) is 12.7 Å². The molecule has 0 bridgehead atoms. The Labute approximate surface area is 99.9 Å². The molecule has 0 spiro atoms. The van der Waals surface area contributed by atoms with Crippen LogP contribution in [0, 0.1) is 0 Å². The third-order valence-electron chi connectivity index (χ3n) is 2.53. The molecule has 2 rings (SSSR count). The van der Waals surface area contributed by atoms with Gasteiger partial charge in [-0.15, -0.1) is 0 Å². The first-order chi connectivity index (χ1) is 8.45. The van der Waals surface area contributed by atoms with E-state index in [-0.39, 0.29) is 24.0 Å². The highest BCUT2D eigenvalue weighted by atomic mass is 19.4. The Morgan fingerprint density at radius 3 is 2.67 bits per heavy atom. The number of nitrogens with two attached hydrogens (primary N) is 1. The van der Waals surface area contributed by atoms with Crippen LogP contribution in [0.15, 0.2) is 29.3 Å². The fourth-order valence-corrected chi connectivity index (χ4v) is 1.72. The summed E-state index contributed by atoms with van der Waals surface area (Å²) in [5, 5.41) is -0.0548. The van der Waals surface area contributed by atoms with Gasteiger partial charge in [-0.25, -0.2) is 4.98 Å². The van der Waals surface area contributed by atoms with Crippen LogP contribution in [0.5, 0.6) is 0 Å². The summed E-state index contributed by atoms with van der Waals surface area (Å²) >= 11 is 0. The maximum absolute atomic E-state index is 12.7. The minimum absolute atomic E-state index is 0.0548. The van der Waals surface area contributed by atoms with Crippen molar-refractivity contribution < 1.29 is 13.2 Å². The van der Waals surface area contributed by atoms with Gasteiger partial charge in [-0.1, -0.05) is 6.07 Å². The van der Waals surface area contributed by atoms with Crippen molar-refractivity contribution in [3.8, 4) is 0 Å². The lowest BCUT2D eigenvalue weighted by Crippen LogP contribution is -2.25. The highest BCUT2D eigenvalue weighted by Gasteiger charge is 2.33. The normalized spacial score (nSPS) is 12.0. The van der Waals surface area contributed by atoms with Gasteiger partial charge in [0.15, 0.2) is 0 Å². The molecule has 1 heterocycles. The molecule has 0 atom stereocenters. The molecule has 2 aromatic rings. The van der Waals surface area contributed by atoms with Crippen molar-refractivity contribution in [2.75, 3.05) is 6.54 Å². The summed E-state index contributed by atoms with van der Waals surface area (Å²) in [5.41, 5.74) is 3.55. The topological polar surface area (TPSA) is 60.9 Å². The zero-order chi connectivity index (χ0) is 13.3. The predicted molar refractivity (Wildman–Crippen MR) is 60.1 cm³/mol. The molecule has 1 aromatic carbocycles. The van der Waals surface area contributed by atoms with E-state index in [2.05, 4.69) is 4.98 Å². The van der Waals surface area contributed by atoms with Crippen molar-refractivity contribution >= 4 is 10.9 Å². The van der Waals surface area contributed by atoms with Gasteiger partial charge in [0.2, 0.25) is 0 Å². The molecule has 18 heavy (non-hydrogen) atoms. The van der Waals surface area contributed by atoms with E-state index >= 15 is 0 Å². The molecular formula is C11H10F3N3O. The second-order valence-electron chi connectivity index (χ2n) is 3.73. The van der Waals surface area contributed by atoms with Crippen LogP contribution in [-0.4, -0.2) is 16.1 Å². The second kappa shape index (κ2) is 4.41. The summed E-state index contributed by atoms with van der Waals surface area (Å²) in [5.74, 6) is 0. The monoisotopic (exact) mass is 257 g/mol. The van der Waals surface area contributed by atoms with Crippen molar-refractivity contribution in [3.05, 3.63) is 40.4 Å². The average molecular weight is 257 g/mol. The van der Waals surface area contributed by atoms with Crippen molar-refractivity contribution in [1.82, 2.24) is 9.55 Å². The van der Waals surface area contributed by atoms with Gasteiger partial charge in [0, 0.05) is 13.1 Å². The average Bonchev–Trinajstić information content (AvgIpc) is 2.31. The first kappa shape index (κ1) is 12.6. The van der Waals surface area contributed by atoms with Crippen LogP contribution in [0.2, 0.25) is 0 Å². The maximum Gasteiger partial charge on any atom is 0.418 e. The van der Waals surface area contributed by atoms with E-state index in [1.807, 2.05) is 0 Å². The fraction of sp³-hybridized carbons (Fsp3) is 0.273. The van der Waals surface area contributed by atoms with Gasteiger partial charge < -0.3 is 5.73 Å². The number of hydrogen-bond acceptors (Lipinski definition) is 3. The Balaban J connectivity index is 2.75. The summed E-state index contributed by atoms with van der Waals surface area (Å²) in [6.07, 6.45) is -3.44. The molecular weight excluding hydrogens is 247 g/mol. The highest BCUT2D eigenvalue weighted by Crippen LogP contribution is 2.32. The lowest BCUT2D eigenvalue weighted by atomic mass is 10.1. The second-order valence-corrected chi connectivity index (χ2v) is 3.73. The summed E-state index contributed by atoms with van der Waals surface area (Å²) in [6, 6.07) is 3.43. The van der Waals surface area contributed by atoms with Crippen molar-refractivity contribution in [2.24, 2.45) is 5.73 Å². The van der Waals surface area contributed by atoms with Gasteiger partial charge in [-0.05, 0) is 12.1 Å². The summed E-state index contributed by atoms with van der Waals surface area (Å²) < 4.78 is 39.4. The van der Waals surface area contributed by atoms with Crippen LogP contribution in [0.25, 0.3) is 10.9 Å². The molecule has 1 aromatic heterocycles. The van der Waals surface area contributed by atoms with E-state index in [4.69, 9.17) is 5.73 Å². The van der Waals surface area contributed by atoms with Gasteiger partial charge in [0.05, 0.1) is 22.8 Å². The van der Waals surface area contributed by atoms with E-state index in [0.29, 0.717) is 0 Å². The molecule has 0 unspecified atom stereocenters. The first-order valence-electron chi connectivity index (χ1n) is 5.20. The van der Waals surface area contributed by atoms with Gasteiger partial charge in [0.25, 0.3) is 5.56 Å². The Morgan fingerprint density at radius 2 is 2.06 bits per heavy atom. The first-order valence-corrected chi connectivity index (χ1v) is 5.20. The van der Waals surface area contributed by atoms with Crippen LogP contribution >= 0.6 is 0 Å². The molecule has 96 valence electrons. The molecule has 7 heteroatoms. The molecule has 0 amide bonds. The maximum atomic E-state index is 12.7. The Kier molecular flexibility index (Phi) is 3.08. The summed E-state index contributed by atoms with van der Waals surface area (Å²) in [7, 11) is 0. The molecule has 0 saturated heterocycles. The zero-order valence-corrected chi connectivity index (χ0v) is 9.24. The molecule has 0 radical (unpaired) electrons. The number of aromatic nitrogens is 2. The predicted octanol–water partition coefficient (Wildman–Crippen LogP) is 1.37. The van der Waals surface area contributed by atoms with Gasteiger partial charge in [-0.2, -0.15) is 13.2 Å². The minimum atomic E-state index is -4.53.